The highest BCUT2D eigenvalue weighted by Crippen LogP contribution is 2.32. The van der Waals surface area contributed by atoms with Gasteiger partial charge < -0.3 is 9.84 Å². The summed E-state index contributed by atoms with van der Waals surface area (Å²) in [6.07, 6.45) is 0. The van der Waals surface area contributed by atoms with Crippen molar-refractivity contribution in [3.05, 3.63) is 121 Å². The van der Waals surface area contributed by atoms with Crippen molar-refractivity contribution < 1.29 is 14.6 Å². The molecule has 0 fully saturated rings. The molecule has 0 aromatic heterocycles. The average Bonchev–Trinajstić information content (AvgIpc) is 2.81. The fraction of sp³-hybridized carbons (Fsp3) is 0.0741. The number of carboxylic acids is 1. The Hall–Kier alpha value is -3.42. The number of ether oxygens (including phenoxy) is 1. The predicted octanol–water partition coefficient (Wildman–Crippen LogP) is 4.64. The Labute approximate surface area is 184 Å². The number of rotatable bonds is 6. The summed E-state index contributed by atoms with van der Waals surface area (Å²) in [5, 5.41) is 12.6. The first-order chi connectivity index (χ1) is 15.1. The molecule has 0 aliphatic rings. The van der Waals surface area contributed by atoms with Gasteiger partial charge in [0.2, 0.25) is 0 Å². The highest BCUT2D eigenvalue weighted by molar-refractivity contribution is 7.79. The highest BCUT2D eigenvalue weighted by Gasteiger charge is 2.24. The van der Waals surface area contributed by atoms with Crippen molar-refractivity contribution >= 4 is 29.8 Å². The number of carbonyl (C=O) groups is 1. The monoisotopic (exact) mass is 429 g/mol. The summed E-state index contributed by atoms with van der Waals surface area (Å²) in [6, 6.07) is 39.7. The molecular weight excluding hydrogens is 403 g/mol. The maximum absolute atomic E-state index is 10.1. The normalized spacial score (nSPS) is 10.1. The fourth-order valence-electron chi connectivity index (χ4n) is 3.09. The van der Waals surface area contributed by atoms with Crippen LogP contribution in [0.1, 0.15) is 5.56 Å². The largest absolute Gasteiger partial charge is 0.482 e. The van der Waals surface area contributed by atoms with E-state index in [1.54, 1.807) is 12.1 Å². The summed E-state index contributed by atoms with van der Waals surface area (Å²) in [7, 11) is -0.877. The van der Waals surface area contributed by atoms with Crippen molar-refractivity contribution in [1.82, 2.24) is 0 Å². The van der Waals surface area contributed by atoms with Crippen molar-refractivity contribution in [3.8, 4) is 5.75 Å². The van der Waals surface area contributed by atoms with E-state index >= 15 is 0 Å². The fourth-order valence-corrected chi connectivity index (χ4v) is 5.67. The van der Waals surface area contributed by atoms with Crippen LogP contribution in [0.15, 0.2) is 115 Å². The van der Waals surface area contributed by atoms with Gasteiger partial charge in [0.25, 0.3) is 0 Å². The van der Waals surface area contributed by atoms with Gasteiger partial charge in [0.15, 0.2) is 6.61 Å². The molecule has 4 rings (SSSR count). The molecule has 3 nitrogen and oxygen atoms in total. The predicted molar refractivity (Wildman–Crippen MR) is 131 cm³/mol. The number of hydrogen-bond donors (Lipinski definition) is 1. The summed E-state index contributed by atoms with van der Waals surface area (Å²) in [5.41, 5.74) is 1.12. The van der Waals surface area contributed by atoms with Crippen molar-refractivity contribution in [3.63, 3.8) is 0 Å². The minimum atomic E-state index is -0.962. The van der Waals surface area contributed by atoms with Gasteiger partial charge in [-0.05, 0) is 55.5 Å². The summed E-state index contributed by atoms with van der Waals surface area (Å²) < 4.78 is 4.92. The maximum Gasteiger partial charge on any atom is 0.341 e. The molecule has 0 aliphatic carbocycles. The van der Waals surface area contributed by atoms with Crippen LogP contribution < -0.4 is 20.7 Å². The average molecular weight is 429 g/mol. The Bertz CT molecular complexity index is 956. The first-order valence-corrected chi connectivity index (χ1v) is 11.6. The Kier molecular flexibility index (Phi) is 8.39. The van der Waals surface area contributed by atoms with Gasteiger partial charge in [-0.15, -0.1) is 0 Å². The summed E-state index contributed by atoms with van der Waals surface area (Å²) in [5.74, 6) is -0.376. The van der Waals surface area contributed by atoms with Crippen LogP contribution in [0, 0.1) is 6.92 Å². The van der Waals surface area contributed by atoms with Crippen LogP contribution in [0.4, 0.5) is 0 Å². The van der Waals surface area contributed by atoms with Crippen LogP contribution >= 0.6 is 7.92 Å². The molecule has 0 atom stereocenters. The lowest BCUT2D eigenvalue weighted by molar-refractivity contribution is -0.139. The molecule has 0 spiro atoms. The van der Waals surface area contributed by atoms with Crippen LogP contribution in [-0.2, 0) is 4.79 Å². The van der Waals surface area contributed by atoms with Crippen LogP contribution in [0.25, 0.3) is 0 Å². The van der Waals surface area contributed by atoms with Crippen LogP contribution in [0.3, 0.4) is 0 Å². The third-order valence-electron chi connectivity index (χ3n) is 4.57. The Morgan fingerprint density at radius 1 is 0.677 bits per heavy atom. The number of benzene rings is 4. The lowest BCUT2D eigenvalue weighted by atomic mass is 10.2. The molecule has 0 radical (unpaired) electrons. The molecule has 0 saturated heterocycles. The van der Waals surface area contributed by atoms with E-state index < -0.39 is 13.9 Å². The molecule has 156 valence electrons. The number of aliphatic carboxylic acids is 1. The molecule has 0 amide bonds. The second-order valence-corrected chi connectivity index (χ2v) is 9.45. The van der Waals surface area contributed by atoms with E-state index in [0.29, 0.717) is 5.75 Å². The van der Waals surface area contributed by atoms with E-state index in [2.05, 4.69) is 91.0 Å². The second-order valence-electron chi connectivity index (χ2n) is 6.97. The van der Waals surface area contributed by atoms with E-state index in [0.717, 1.165) is 5.56 Å². The Balaban J connectivity index is 0.000000196. The van der Waals surface area contributed by atoms with Gasteiger partial charge in [-0.25, -0.2) is 4.79 Å². The number of carboxylic acid groups (broad SMARTS) is 1. The van der Waals surface area contributed by atoms with E-state index in [1.807, 2.05) is 19.1 Å². The standard InChI is InChI=1S/C18H15P.C9H10O3/c1-4-10-16(11-5-1)19(17-12-6-2-7-13-17)18-14-8-3-9-15-18;1-7-2-4-8(5-3-7)12-6-9(10)11/h1-15H;2-5H,6H2,1H3,(H,10,11)/p+1. The van der Waals surface area contributed by atoms with Gasteiger partial charge in [0.05, 0.1) is 7.92 Å². The van der Waals surface area contributed by atoms with Crippen LogP contribution in [-0.4, -0.2) is 17.7 Å². The second kappa shape index (κ2) is 11.7. The third-order valence-corrected chi connectivity index (χ3v) is 7.30. The zero-order valence-corrected chi connectivity index (χ0v) is 18.4. The van der Waals surface area contributed by atoms with Crippen molar-refractivity contribution in [2.24, 2.45) is 0 Å². The Morgan fingerprint density at radius 3 is 1.42 bits per heavy atom. The smallest absolute Gasteiger partial charge is 0.341 e. The quantitative estimate of drug-likeness (QED) is 0.455. The summed E-state index contributed by atoms with van der Waals surface area (Å²) in [4.78, 5) is 10.1. The van der Waals surface area contributed by atoms with Crippen LogP contribution in [0.2, 0.25) is 0 Å². The van der Waals surface area contributed by atoms with Gasteiger partial charge in [-0.3, -0.25) is 0 Å². The van der Waals surface area contributed by atoms with Crippen molar-refractivity contribution in [1.29, 1.82) is 0 Å². The number of aryl methyl sites for hydroxylation is 1. The first-order valence-electron chi connectivity index (χ1n) is 10.1. The summed E-state index contributed by atoms with van der Waals surface area (Å²) in [6.45, 7) is 1.67. The molecule has 4 heteroatoms. The molecular formula is C27H26O3P+. The van der Waals surface area contributed by atoms with Gasteiger partial charge in [0.1, 0.15) is 21.7 Å². The van der Waals surface area contributed by atoms with E-state index in [4.69, 9.17) is 9.84 Å². The van der Waals surface area contributed by atoms with Gasteiger partial charge >= 0.3 is 5.97 Å². The molecule has 4 aromatic carbocycles. The highest BCUT2D eigenvalue weighted by atomic mass is 31.1. The maximum atomic E-state index is 10.1. The SMILES string of the molecule is Cc1ccc(OCC(=O)O)cc1.c1ccc([PH+](c2ccccc2)c2ccccc2)cc1. The molecule has 0 bridgehead atoms. The first kappa shape index (κ1) is 22.3. The lowest BCUT2D eigenvalue weighted by Gasteiger charge is -2.10. The zero-order valence-electron chi connectivity index (χ0n) is 17.4. The zero-order chi connectivity index (χ0) is 21.9. The minimum Gasteiger partial charge on any atom is -0.482 e. The van der Waals surface area contributed by atoms with Gasteiger partial charge in [-0.1, -0.05) is 72.3 Å². The molecule has 1 N–H and O–H groups in total. The molecule has 4 aromatic rings. The van der Waals surface area contributed by atoms with Crippen molar-refractivity contribution in [2.75, 3.05) is 6.61 Å². The molecule has 31 heavy (non-hydrogen) atoms. The molecule has 0 aliphatic heterocycles. The lowest BCUT2D eigenvalue weighted by Crippen LogP contribution is -2.20. The van der Waals surface area contributed by atoms with Gasteiger partial charge in [0, 0.05) is 0 Å². The topological polar surface area (TPSA) is 46.5 Å². The van der Waals surface area contributed by atoms with E-state index in [1.165, 1.54) is 15.9 Å². The molecule has 0 saturated carbocycles. The number of hydrogen-bond acceptors (Lipinski definition) is 2. The minimum absolute atomic E-state index is 0.289. The molecule has 0 unspecified atom stereocenters. The van der Waals surface area contributed by atoms with E-state index in [-0.39, 0.29) is 6.61 Å². The van der Waals surface area contributed by atoms with E-state index in [9.17, 15) is 4.79 Å². The van der Waals surface area contributed by atoms with Crippen LogP contribution in [0.5, 0.6) is 5.75 Å². The Morgan fingerprint density at radius 2 is 1.06 bits per heavy atom. The third kappa shape index (κ3) is 7.09. The summed E-state index contributed by atoms with van der Waals surface area (Å²) >= 11 is 0. The molecule has 0 heterocycles. The van der Waals surface area contributed by atoms with Crippen molar-refractivity contribution in [2.45, 2.75) is 6.92 Å². The van der Waals surface area contributed by atoms with Gasteiger partial charge in [-0.2, -0.15) is 0 Å².